The van der Waals surface area contributed by atoms with Crippen LogP contribution in [0.15, 0.2) is 0 Å². The average Bonchev–Trinajstić information content (AvgIpc) is 2.33. The largest absolute Gasteiger partial charge is 2.00 e. The molecule has 0 saturated carbocycles. The molecule has 25 heavy (non-hydrogen) atoms. The first-order chi connectivity index (χ1) is 10.7. The van der Waals surface area contributed by atoms with Gasteiger partial charge in [-0.2, -0.15) is 0 Å². The van der Waals surface area contributed by atoms with Crippen LogP contribution in [-0.4, -0.2) is 107 Å². The van der Waals surface area contributed by atoms with Crippen LogP contribution in [0.3, 0.4) is 0 Å². The molecule has 11 nitrogen and oxygen atoms in total. The van der Waals surface area contributed by atoms with Crippen molar-refractivity contribution >= 4 is 46.9 Å². The molecule has 0 aliphatic rings. The van der Waals surface area contributed by atoms with E-state index in [9.17, 15) is 44.7 Å². The van der Waals surface area contributed by atoms with Crippen LogP contribution in [0.4, 0.5) is 0 Å². The minimum absolute atomic E-state index is 0. The van der Waals surface area contributed by atoms with Crippen molar-refractivity contribution in [2.24, 2.45) is 0 Å². The number of carbonyl (C=O) groups excluding carboxylic acids is 4. The van der Waals surface area contributed by atoms with Gasteiger partial charge in [-0.25, -0.2) is 0 Å². The molecule has 0 heterocycles. The normalized spacial score (nSPS) is 15.9. The van der Waals surface area contributed by atoms with Gasteiger partial charge in [0.25, 0.3) is 0 Å². The summed E-state index contributed by atoms with van der Waals surface area (Å²) in [5.74, 6) is -7.75. The van der Waals surface area contributed by atoms with Gasteiger partial charge in [0, 0.05) is 12.4 Å². The van der Waals surface area contributed by atoms with Gasteiger partial charge in [0.2, 0.25) is 0 Å². The number of likely N-dealkylation sites (N-methyl/N-ethyl adjacent to an activating group) is 1. The molecule has 3 unspecified atom stereocenters. The number of esters is 1. The van der Waals surface area contributed by atoms with Crippen molar-refractivity contribution in [1.82, 2.24) is 0 Å². The van der Waals surface area contributed by atoms with E-state index >= 15 is 0 Å². The van der Waals surface area contributed by atoms with Gasteiger partial charge >= 0.3 is 29.0 Å². The summed E-state index contributed by atoms with van der Waals surface area (Å²) in [4.78, 5) is 43.8. The Morgan fingerprint density at radius 2 is 1.60 bits per heavy atom. The number of rotatable bonds is 10. The van der Waals surface area contributed by atoms with Crippen LogP contribution in [0.5, 0.6) is 0 Å². The van der Waals surface area contributed by atoms with E-state index in [1.54, 1.807) is 21.1 Å². The van der Waals surface area contributed by atoms with E-state index in [2.05, 4.69) is 0 Å². The van der Waals surface area contributed by atoms with Crippen molar-refractivity contribution in [1.29, 1.82) is 0 Å². The van der Waals surface area contributed by atoms with E-state index in [1.165, 1.54) is 0 Å². The monoisotopic (exact) mass is 373 g/mol. The molecule has 0 fully saturated rings. The topological polar surface area (TPSA) is 187 Å². The van der Waals surface area contributed by atoms with E-state index in [4.69, 9.17) is 4.74 Å². The molecular weight excluding hydrogens is 354 g/mol. The third-order valence-electron chi connectivity index (χ3n) is 2.89. The van der Waals surface area contributed by atoms with Crippen LogP contribution in [0.25, 0.3) is 0 Å². The number of nitrogens with zero attached hydrogens (tertiary/aromatic N) is 1. The quantitative estimate of drug-likeness (QED) is 0.211. The SMILES string of the molecule is C[N+](C)(C)CC(CC(=O)[O-])OC(=O)CC(O)(C(=O)[O-])C(O)C(=O)[O-].[Mg+2]. The molecule has 0 spiro atoms. The molecule has 0 aliphatic heterocycles. The van der Waals surface area contributed by atoms with Crippen LogP contribution in [0.1, 0.15) is 12.8 Å². The number of hydrogen-bond donors (Lipinski definition) is 2. The first kappa shape index (κ1) is 25.8. The Hall–Kier alpha value is -1.47. The minimum atomic E-state index is -3.49. The second-order valence-corrected chi connectivity index (χ2v) is 6.27. The number of hydrogen-bond acceptors (Lipinski definition) is 10. The number of carboxylic acid groups (broad SMARTS) is 3. The van der Waals surface area contributed by atoms with Crippen LogP contribution in [0, 0.1) is 0 Å². The van der Waals surface area contributed by atoms with Gasteiger partial charge in [-0.05, 0) is 0 Å². The Balaban J connectivity index is 0. The van der Waals surface area contributed by atoms with Crippen molar-refractivity contribution in [3.8, 4) is 0 Å². The average molecular weight is 374 g/mol. The van der Waals surface area contributed by atoms with Crippen LogP contribution >= 0.6 is 0 Å². The summed E-state index contributed by atoms with van der Waals surface area (Å²) in [6.07, 6.45) is -6.36. The predicted octanol–water partition coefficient (Wildman–Crippen LogP) is -6.65. The standard InChI is InChI=1S/C13H21NO10.Mg/c1-14(2,3)6-7(4-8(15)16)24-9(17)5-13(23,12(21)22)10(18)11(19)20;/h7,10,18,23H,4-6H2,1-3H3,(H2-,15,16,19,20,21,22);/q;+2/p-2. The van der Waals surface area contributed by atoms with Gasteiger partial charge < -0.3 is 49.1 Å². The molecule has 0 saturated heterocycles. The van der Waals surface area contributed by atoms with Crippen LogP contribution in [-0.2, 0) is 23.9 Å². The summed E-state index contributed by atoms with van der Waals surface area (Å²) in [5, 5.41) is 50.9. The number of quaternary nitrogens is 1. The fraction of sp³-hybridized carbons (Fsp3) is 0.692. The first-order valence-corrected chi connectivity index (χ1v) is 6.71. The summed E-state index contributed by atoms with van der Waals surface area (Å²) in [7, 11) is 4.98. The molecule has 12 heteroatoms. The Labute approximate surface area is 159 Å². The van der Waals surface area contributed by atoms with Gasteiger partial charge in [-0.1, -0.05) is 0 Å². The predicted molar refractivity (Wildman–Crippen MR) is 73.7 cm³/mol. The number of aliphatic carboxylic acids is 3. The molecule has 0 rings (SSSR count). The molecule has 2 N–H and O–H groups in total. The molecule has 0 aromatic rings. The molecule has 3 atom stereocenters. The van der Waals surface area contributed by atoms with E-state index in [0.717, 1.165) is 0 Å². The second-order valence-electron chi connectivity index (χ2n) is 6.27. The zero-order valence-electron chi connectivity index (χ0n) is 14.1. The van der Waals surface area contributed by atoms with E-state index in [-0.39, 0.29) is 34.1 Å². The summed E-state index contributed by atoms with van der Waals surface area (Å²) in [6.45, 7) is 0.00646. The van der Waals surface area contributed by atoms with Gasteiger partial charge in [0.15, 0.2) is 6.10 Å². The molecule has 0 aromatic carbocycles. The number of ether oxygens (including phenoxy) is 1. The molecular formula is C13H19MgNO10. The van der Waals surface area contributed by atoms with Crippen molar-refractivity contribution in [2.75, 3.05) is 27.7 Å². The number of carboxylic acids is 3. The Kier molecular flexibility index (Phi) is 10.2. The molecule has 0 amide bonds. The van der Waals surface area contributed by atoms with Gasteiger partial charge in [-0.15, -0.1) is 0 Å². The fourth-order valence-electron chi connectivity index (χ4n) is 1.86. The second kappa shape index (κ2) is 9.87. The van der Waals surface area contributed by atoms with Gasteiger partial charge in [0.1, 0.15) is 18.2 Å². The van der Waals surface area contributed by atoms with Crippen LogP contribution < -0.4 is 15.3 Å². The fourth-order valence-corrected chi connectivity index (χ4v) is 1.86. The van der Waals surface area contributed by atoms with Crippen LogP contribution in [0.2, 0.25) is 0 Å². The molecule has 0 aromatic heterocycles. The summed E-state index contributed by atoms with van der Waals surface area (Å²) in [5.41, 5.74) is -3.49. The Morgan fingerprint density at radius 1 is 1.12 bits per heavy atom. The third kappa shape index (κ3) is 8.97. The molecule has 0 radical (unpaired) electrons. The Morgan fingerprint density at radius 3 is 1.92 bits per heavy atom. The maximum absolute atomic E-state index is 11.7. The zero-order valence-corrected chi connectivity index (χ0v) is 15.5. The third-order valence-corrected chi connectivity index (χ3v) is 2.89. The van der Waals surface area contributed by atoms with Gasteiger partial charge in [0.05, 0.1) is 39.5 Å². The summed E-state index contributed by atoms with van der Waals surface area (Å²) >= 11 is 0. The van der Waals surface area contributed by atoms with Crippen molar-refractivity contribution in [3.63, 3.8) is 0 Å². The molecule has 0 bridgehead atoms. The van der Waals surface area contributed by atoms with E-state index in [1.807, 2.05) is 0 Å². The zero-order chi connectivity index (χ0) is 19.3. The maximum atomic E-state index is 11.7. The van der Waals surface area contributed by atoms with Crippen molar-refractivity contribution in [2.45, 2.75) is 30.7 Å². The molecule has 0 aliphatic carbocycles. The van der Waals surface area contributed by atoms with Gasteiger partial charge in [-0.3, -0.25) is 4.79 Å². The summed E-state index contributed by atoms with van der Waals surface area (Å²) in [6, 6.07) is 0. The van der Waals surface area contributed by atoms with E-state index < -0.39 is 54.5 Å². The molecule has 138 valence electrons. The minimum Gasteiger partial charge on any atom is -0.550 e. The first-order valence-electron chi connectivity index (χ1n) is 6.71. The number of aliphatic hydroxyl groups is 2. The van der Waals surface area contributed by atoms with Crippen molar-refractivity contribution < 1.29 is 53.9 Å². The number of carbonyl (C=O) groups is 4. The Bertz CT molecular complexity index is 517. The number of aliphatic hydroxyl groups excluding tert-OH is 1. The van der Waals surface area contributed by atoms with E-state index in [0.29, 0.717) is 0 Å². The smallest absolute Gasteiger partial charge is 0.550 e. The maximum Gasteiger partial charge on any atom is 2.00 e. The summed E-state index contributed by atoms with van der Waals surface area (Å²) < 4.78 is 4.94. The van der Waals surface area contributed by atoms with Crippen molar-refractivity contribution in [3.05, 3.63) is 0 Å².